The van der Waals surface area contributed by atoms with E-state index in [2.05, 4.69) is 5.32 Å². The van der Waals surface area contributed by atoms with Crippen LogP contribution in [0.1, 0.15) is 44.9 Å². The maximum Gasteiger partial charge on any atom is 0.232 e. The van der Waals surface area contributed by atoms with Crippen molar-refractivity contribution in [3.63, 3.8) is 0 Å². The Bertz CT molecular complexity index is 677. The summed E-state index contributed by atoms with van der Waals surface area (Å²) in [5.74, 6) is 0.0609. The summed E-state index contributed by atoms with van der Waals surface area (Å²) in [7, 11) is -3.36. The molecule has 2 aliphatic rings. The molecule has 6 heteroatoms. The van der Waals surface area contributed by atoms with E-state index < -0.39 is 10.0 Å². The summed E-state index contributed by atoms with van der Waals surface area (Å²) in [6.07, 6.45) is 8.21. The SMILES string of the molecule is CS(=O)(=O)N(c1ccccc1NC(=O)C1CCCCC1)C1CC1. The van der Waals surface area contributed by atoms with Gasteiger partial charge in [0.2, 0.25) is 15.9 Å². The highest BCUT2D eigenvalue weighted by atomic mass is 32.2. The van der Waals surface area contributed by atoms with Gasteiger partial charge in [0.15, 0.2) is 0 Å². The number of rotatable bonds is 5. The van der Waals surface area contributed by atoms with Crippen molar-refractivity contribution in [1.29, 1.82) is 0 Å². The molecule has 0 aliphatic heterocycles. The third-order valence-corrected chi connectivity index (χ3v) is 5.82. The summed E-state index contributed by atoms with van der Waals surface area (Å²) in [6.45, 7) is 0. The largest absolute Gasteiger partial charge is 0.324 e. The van der Waals surface area contributed by atoms with Crippen LogP contribution in [0, 0.1) is 5.92 Å². The van der Waals surface area contributed by atoms with Crippen molar-refractivity contribution in [2.75, 3.05) is 15.9 Å². The molecule has 1 N–H and O–H groups in total. The fraction of sp³-hybridized carbons (Fsp3) is 0.588. The van der Waals surface area contributed by atoms with Gasteiger partial charge >= 0.3 is 0 Å². The Balaban J connectivity index is 1.84. The van der Waals surface area contributed by atoms with Crippen LogP contribution in [0.3, 0.4) is 0 Å². The second-order valence-electron chi connectivity index (χ2n) is 6.63. The smallest absolute Gasteiger partial charge is 0.232 e. The van der Waals surface area contributed by atoms with Crippen molar-refractivity contribution in [1.82, 2.24) is 0 Å². The number of nitrogens with zero attached hydrogens (tertiary/aromatic N) is 1. The van der Waals surface area contributed by atoms with Crippen LogP contribution >= 0.6 is 0 Å². The third-order valence-electron chi connectivity index (χ3n) is 4.61. The van der Waals surface area contributed by atoms with E-state index in [1.807, 2.05) is 12.1 Å². The van der Waals surface area contributed by atoms with Gasteiger partial charge in [0, 0.05) is 12.0 Å². The first kappa shape index (κ1) is 16.3. The lowest BCUT2D eigenvalue weighted by Crippen LogP contribution is -2.33. The van der Waals surface area contributed by atoms with Gasteiger partial charge in [-0.1, -0.05) is 31.4 Å². The molecule has 1 aromatic carbocycles. The zero-order valence-corrected chi connectivity index (χ0v) is 14.3. The van der Waals surface area contributed by atoms with E-state index in [1.54, 1.807) is 12.1 Å². The van der Waals surface area contributed by atoms with Gasteiger partial charge in [0.05, 0.1) is 17.6 Å². The molecule has 1 amide bonds. The van der Waals surface area contributed by atoms with Gasteiger partial charge in [-0.25, -0.2) is 8.42 Å². The minimum Gasteiger partial charge on any atom is -0.324 e. The van der Waals surface area contributed by atoms with Crippen LogP contribution in [0.25, 0.3) is 0 Å². The second-order valence-corrected chi connectivity index (χ2v) is 8.49. The number of amides is 1. The zero-order valence-electron chi connectivity index (χ0n) is 13.5. The molecule has 2 fully saturated rings. The molecule has 0 spiro atoms. The number of hydrogen-bond acceptors (Lipinski definition) is 3. The van der Waals surface area contributed by atoms with Gasteiger partial charge < -0.3 is 5.32 Å². The summed E-state index contributed by atoms with van der Waals surface area (Å²) in [5, 5.41) is 2.97. The maximum absolute atomic E-state index is 12.5. The third kappa shape index (κ3) is 3.86. The van der Waals surface area contributed by atoms with E-state index in [0.29, 0.717) is 11.4 Å². The number of anilines is 2. The molecule has 1 aromatic rings. The first-order chi connectivity index (χ1) is 11.0. The molecule has 0 atom stereocenters. The van der Waals surface area contributed by atoms with Gasteiger partial charge in [-0.3, -0.25) is 9.10 Å². The van der Waals surface area contributed by atoms with Crippen LogP contribution in [0.2, 0.25) is 0 Å². The van der Waals surface area contributed by atoms with Gasteiger partial charge in [0.25, 0.3) is 0 Å². The lowest BCUT2D eigenvalue weighted by Gasteiger charge is -2.26. The normalized spacial score (nSPS) is 19.3. The maximum atomic E-state index is 12.5. The highest BCUT2D eigenvalue weighted by molar-refractivity contribution is 7.92. The van der Waals surface area contributed by atoms with E-state index in [0.717, 1.165) is 38.5 Å². The van der Waals surface area contributed by atoms with E-state index in [9.17, 15) is 13.2 Å². The number of para-hydroxylation sites is 2. The molecular weight excluding hydrogens is 312 g/mol. The molecule has 0 aromatic heterocycles. The first-order valence-electron chi connectivity index (χ1n) is 8.36. The van der Waals surface area contributed by atoms with E-state index >= 15 is 0 Å². The fourth-order valence-electron chi connectivity index (χ4n) is 3.33. The lowest BCUT2D eigenvalue weighted by atomic mass is 9.88. The van der Waals surface area contributed by atoms with Crippen LogP contribution in [0.4, 0.5) is 11.4 Å². The number of carbonyl (C=O) groups excluding carboxylic acids is 1. The molecule has 0 saturated heterocycles. The highest BCUT2D eigenvalue weighted by Crippen LogP contribution is 2.38. The predicted octanol–water partition coefficient (Wildman–Crippen LogP) is 3.13. The minimum absolute atomic E-state index is 0.0152. The standard InChI is InChI=1S/C17H24N2O3S/c1-23(21,22)19(14-11-12-14)16-10-6-5-9-15(16)18-17(20)13-7-3-2-4-8-13/h5-6,9-10,13-14H,2-4,7-8,11-12H2,1H3,(H,18,20). The summed E-state index contributed by atoms with van der Waals surface area (Å²) in [5.41, 5.74) is 1.18. The van der Waals surface area contributed by atoms with Crippen molar-refractivity contribution in [3.8, 4) is 0 Å². The number of carbonyl (C=O) groups is 1. The quantitative estimate of drug-likeness (QED) is 0.898. The Morgan fingerprint density at radius 2 is 1.74 bits per heavy atom. The average Bonchev–Trinajstić information content (AvgIpc) is 3.33. The van der Waals surface area contributed by atoms with Crippen LogP contribution in [0.5, 0.6) is 0 Å². The van der Waals surface area contributed by atoms with Gasteiger partial charge in [0.1, 0.15) is 0 Å². The summed E-state index contributed by atoms with van der Waals surface area (Å²) >= 11 is 0. The Labute approximate surface area is 138 Å². The van der Waals surface area contributed by atoms with Crippen molar-refractivity contribution in [2.45, 2.75) is 51.0 Å². The molecule has 3 rings (SSSR count). The zero-order chi connectivity index (χ0) is 16.4. The summed E-state index contributed by atoms with van der Waals surface area (Å²) in [6, 6.07) is 7.23. The van der Waals surface area contributed by atoms with Gasteiger partial charge in [-0.15, -0.1) is 0 Å². The molecule has 5 nitrogen and oxygen atoms in total. The number of benzene rings is 1. The Morgan fingerprint density at radius 1 is 1.09 bits per heavy atom. The van der Waals surface area contributed by atoms with Crippen molar-refractivity contribution >= 4 is 27.3 Å². The lowest BCUT2D eigenvalue weighted by molar-refractivity contribution is -0.120. The molecule has 0 bridgehead atoms. The molecule has 126 valence electrons. The monoisotopic (exact) mass is 336 g/mol. The molecule has 0 radical (unpaired) electrons. The summed E-state index contributed by atoms with van der Waals surface area (Å²) in [4.78, 5) is 12.5. The van der Waals surface area contributed by atoms with Crippen molar-refractivity contribution in [3.05, 3.63) is 24.3 Å². The van der Waals surface area contributed by atoms with Crippen molar-refractivity contribution < 1.29 is 13.2 Å². The fourth-order valence-corrected chi connectivity index (χ4v) is 4.60. The van der Waals surface area contributed by atoms with Gasteiger partial charge in [-0.2, -0.15) is 0 Å². The highest BCUT2D eigenvalue weighted by Gasteiger charge is 2.36. The van der Waals surface area contributed by atoms with Crippen LogP contribution in [-0.4, -0.2) is 26.6 Å². The first-order valence-corrected chi connectivity index (χ1v) is 10.2. The second kappa shape index (κ2) is 6.51. The molecule has 0 heterocycles. The molecule has 2 aliphatic carbocycles. The van der Waals surface area contributed by atoms with E-state index in [1.165, 1.54) is 17.0 Å². The average molecular weight is 336 g/mol. The van der Waals surface area contributed by atoms with Crippen LogP contribution < -0.4 is 9.62 Å². The number of nitrogens with one attached hydrogen (secondary N) is 1. The van der Waals surface area contributed by atoms with Crippen LogP contribution in [-0.2, 0) is 14.8 Å². The number of hydrogen-bond donors (Lipinski definition) is 1. The van der Waals surface area contributed by atoms with Crippen LogP contribution in [0.15, 0.2) is 24.3 Å². The molecule has 2 saturated carbocycles. The Hall–Kier alpha value is -1.56. The van der Waals surface area contributed by atoms with Crippen molar-refractivity contribution in [2.24, 2.45) is 5.92 Å². The predicted molar refractivity (Wildman–Crippen MR) is 92.0 cm³/mol. The molecular formula is C17H24N2O3S. The Kier molecular flexibility index (Phi) is 4.62. The van der Waals surface area contributed by atoms with E-state index in [-0.39, 0.29) is 17.9 Å². The van der Waals surface area contributed by atoms with E-state index in [4.69, 9.17) is 0 Å². The summed E-state index contributed by atoms with van der Waals surface area (Å²) < 4.78 is 25.8. The molecule has 23 heavy (non-hydrogen) atoms. The topological polar surface area (TPSA) is 66.5 Å². The Morgan fingerprint density at radius 3 is 2.35 bits per heavy atom. The number of sulfonamides is 1. The molecule has 0 unspecified atom stereocenters. The van der Waals surface area contributed by atoms with Gasteiger partial charge in [-0.05, 0) is 37.8 Å². The minimum atomic E-state index is -3.36.